The van der Waals surface area contributed by atoms with Gasteiger partial charge in [0.25, 0.3) is 5.56 Å². The van der Waals surface area contributed by atoms with Crippen molar-refractivity contribution in [2.45, 2.75) is 6.61 Å². The Balaban J connectivity index is 1.88. The summed E-state index contributed by atoms with van der Waals surface area (Å²) in [7, 11) is 1.43. The van der Waals surface area contributed by atoms with Gasteiger partial charge in [0.15, 0.2) is 0 Å². The molecular formula is C21H16FN3O3. The van der Waals surface area contributed by atoms with Crippen molar-refractivity contribution < 1.29 is 13.9 Å². The number of nitriles is 1. The van der Waals surface area contributed by atoms with E-state index in [0.717, 1.165) is 10.1 Å². The molecule has 0 spiro atoms. The van der Waals surface area contributed by atoms with E-state index in [1.54, 1.807) is 0 Å². The number of nitrogens with zero attached hydrogens (tertiary/aromatic N) is 2. The molecule has 0 aliphatic carbocycles. The molecule has 0 aliphatic rings. The number of carbonyl (C=O) groups excluding carboxylic acids is 1. The number of hydrogen-bond acceptors (Lipinski definition) is 4. The number of rotatable bonds is 4. The summed E-state index contributed by atoms with van der Waals surface area (Å²) >= 11 is 0. The topological polar surface area (TPSA) is 84.1 Å². The highest BCUT2D eigenvalue weighted by molar-refractivity contribution is 5.85. The summed E-state index contributed by atoms with van der Waals surface area (Å²) in [5.74, 6) is -0.282. The average molecular weight is 377 g/mol. The van der Waals surface area contributed by atoms with Gasteiger partial charge in [-0.1, -0.05) is 42.5 Å². The maximum absolute atomic E-state index is 13.2. The minimum absolute atomic E-state index is 0.0711. The molecule has 1 aromatic heterocycles. The minimum atomic E-state index is -0.742. The van der Waals surface area contributed by atoms with E-state index in [1.807, 2.05) is 36.4 Å². The number of amides is 1. The zero-order valence-electron chi connectivity index (χ0n) is 15.0. The molecule has 7 heteroatoms. The summed E-state index contributed by atoms with van der Waals surface area (Å²) in [5.41, 5.74) is 0.915. The van der Waals surface area contributed by atoms with Crippen LogP contribution in [0.15, 0.2) is 65.5 Å². The Morgan fingerprint density at radius 1 is 1.18 bits per heavy atom. The number of hydrogen-bond donors (Lipinski definition) is 1. The van der Waals surface area contributed by atoms with Crippen LogP contribution in [-0.4, -0.2) is 10.7 Å². The lowest BCUT2D eigenvalue weighted by atomic mass is 10.0. The maximum atomic E-state index is 13.2. The van der Waals surface area contributed by atoms with Crippen molar-refractivity contribution >= 4 is 11.9 Å². The monoisotopic (exact) mass is 377 g/mol. The van der Waals surface area contributed by atoms with Crippen LogP contribution in [0.25, 0.3) is 11.1 Å². The molecule has 140 valence electrons. The van der Waals surface area contributed by atoms with Gasteiger partial charge in [-0.05, 0) is 29.3 Å². The van der Waals surface area contributed by atoms with E-state index in [4.69, 9.17) is 4.74 Å². The lowest BCUT2D eigenvalue weighted by molar-refractivity contribution is 0.155. The Morgan fingerprint density at radius 3 is 2.50 bits per heavy atom. The number of carbonyl (C=O) groups is 1. The molecule has 0 aliphatic heterocycles. The fourth-order valence-corrected chi connectivity index (χ4v) is 2.65. The van der Waals surface area contributed by atoms with E-state index in [9.17, 15) is 19.2 Å². The van der Waals surface area contributed by atoms with Crippen molar-refractivity contribution in [1.29, 1.82) is 5.26 Å². The molecule has 1 heterocycles. The number of benzene rings is 2. The molecule has 0 atom stereocenters. The molecule has 0 radical (unpaired) electrons. The van der Waals surface area contributed by atoms with Crippen LogP contribution in [0.3, 0.4) is 0 Å². The zero-order chi connectivity index (χ0) is 20.1. The maximum Gasteiger partial charge on any atom is 0.413 e. The summed E-state index contributed by atoms with van der Waals surface area (Å²) < 4.78 is 19.5. The second kappa shape index (κ2) is 8.18. The third kappa shape index (κ3) is 4.07. The van der Waals surface area contributed by atoms with Gasteiger partial charge in [0, 0.05) is 12.6 Å². The van der Waals surface area contributed by atoms with Gasteiger partial charge < -0.3 is 4.74 Å². The first-order chi connectivity index (χ1) is 13.5. The van der Waals surface area contributed by atoms with Crippen molar-refractivity contribution in [2.75, 3.05) is 5.32 Å². The number of aromatic nitrogens is 1. The predicted molar refractivity (Wildman–Crippen MR) is 102 cm³/mol. The quantitative estimate of drug-likeness (QED) is 0.749. The molecule has 3 aromatic rings. The number of halogens is 1. The average Bonchev–Trinajstić information content (AvgIpc) is 2.71. The summed E-state index contributed by atoms with van der Waals surface area (Å²) in [4.78, 5) is 24.6. The third-order valence-electron chi connectivity index (χ3n) is 4.14. The third-order valence-corrected chi connectivity index (χ3v) is 4.14. The highest BCUT2D eigenvalue weighted by Crippen LogP contribution is 2.24. The fraction of sp³-hybridized carbons (Fsp3) is 0.0952. The SMILES string of the molecule is Cn1c(NC(=O)OCc2ccccc2)cc(-c2ccc(F)cc2)c(C#N)c1=O. The van der Waals surface area contributed by atoms with Crippen LogP contribution < -0.4 is 10.9 Å². The van der Waals surface area contributed by atoms with Crippen molar-refractivity contribution in [3.05, 3.63) is 88.0 Å². The molecule has 0 unspecified atom stereocenters. The van der Waals surface area contributed by atoms with Gasteiger partial charge in [0.1, 0.15) is 29.9 Å². The molecule has 1 amide bonds. The van der Waals surface area contributed by atoms with Gasteiger partial charge in [0.2, 0.25) is 0 Å². The van der Waals surface area contributed by atoms with Crippen LogP contribution in [0.1, 0.15) is 11.1 Å². The van der Waals surface area contributed by atoms with E-state index in [-0.39, 0.29) is 18.0 Å². The highest BCUT2D eigenvalue weighted by atomic mass is 19.1. The highest BCUT2D eigenvalue weighted by Gasteiger charge is 2.16. The van der Waals surface area contributed by atoms with E-state index in [0.29, 0.717) is 11.1 Å². The van der Waals surface area contributed by atoms with Crippen LogP contribution in [-0.2, 0) is 18.4 Å². The summed E-state index contributed by atoms with van der Waals surface area (Å²) in [5, 5.41) is 11.9. The Kier molecular flexibility index (Phi) is 5.51. The van der Waals surface area contributed by atoms with Crippen LogP contribution >= 0.6 is 0 Å². The molecule has 6 nitrogen and oxygen atoms in total. The molecule has 0 saturated heterocycles. The first-order valence-electron chi connectivity index (χ1n) is 8.37. The molecule has 2 aromatic carbocycles. The second-order valence-corrected chi connectivity index (χ2v) is 5.99. The van der Waals surface area contributed by atoms with E-state index in [1.165, 1.54) is 37.4 Å². The zero-order valence-corrected chi connectivity index (χ0v) is 15.0. The lowest BCUT2D eigenvalue weighted by Gasteiger charge is -2.14. The van der Waals surface area contributed by atoms with Gasteiger partial charge in [-0.25, -0.2) is 9.18 Å². The smallest absolute Gasteiger partial charge is 0.413 e. The van der Waals surface area contributed by atoms with Gasteiger partial charge >= 0.3 is 6.09 Å². The molecule has 0 saturated carbocycles. The summed E-state index contributed by atoms with van der Waals surface area (Å²) in [6.45, 7) is 0.0711. The number of pyridine rings is 1. The fourth-order valence-electron chi connectivity index (χ4n) is 2.65. The molecule has 0 bridgehead atoms. The van der Waals surface area contributed by atoms with Crippen molar-refractivity contribution in [2.24, 2.45) is 7.05 Å². The Labute approximate surface area is 160 Å². The Bertz CT molecular complexity index is 1100. The molecule has 1 N–H and O–H groups in total. The summed E-state index contributed by atoms with van der Waals surface area (Å²) in [6.07, 6.45) is -0.742. The van der Waals surface area contributed by atoms with Gasteiger partial charge in [-0.3, -0.25) is 14.7 Å². The first-order valence-corrected chi connectivity index (χ1v) is 8.37. The standard InChI is InChI=1S/C21H16FN3O3/c1-25-19(24-21(27)28-13-14-5-3-2-4-6-14)11-17(18(12-23)20(25)26)15-7-9-16(22)10-8-15/h2-11H,13H2,1H3,(H,24,27). The minimum Gasteiger partial charge on any atom is -0.444 e. The molecule has 3 rings (SSSR count). The number of nitrogens with one attached hydrogen (secondary N) is 1. The normalized spacial score (nSPS) is 10.2. The van der Waals surface area contributed by atoms with Crippen LogP contribution in [0.2, 0.25) is 0 Å². The number of anilines is 1. The van der Waals surface area contributed by atoms with Crippen molar-refractivity contribution in [3.63, 3.8) is 0 Å². The lowest BCUT2D eigenvalue weighted by Crippen LogP contribution is -2.26. The second-order valence-electron chi connectivity index (χ2n) is 5.99. The van der Waals surface area contributed by atoms with E-state index in [2.05, 4.69) is 5.32 Å². The van der Waals surface area contributed by atoms with Crippen molar-refractivity contribution in [3.8, 4) is 17.2 Å². The Morgan fingerprint density at radius 2 is 1.86 bits per heavy atom. The van der Waals surface area contributed by atoms with Gasteiger partial charge in [-0.15, -0.1) is 0 Å². The van der Waals surface area contributed by atoms with Crippen molar-refractivity contribution in [1.82, 2.24) is 4.57 Å². The van der Waals surface area contributed by atoms with Gasteiger partial charge in [-0.2, -0.15) is 5.26 Å². The molecule has 28 heavy (non-hydrogen) atoms. The van der Waals surface area contributed by atoms with Gasteiger partial charge in [0.05, 0.1) is 0 Å². The first kappa shape index (κ1) is 18.9. The van der Waals surface area contributed by atoms with Crippen LogP contribution in [0.4, 0.5) is 15.0 Å². The largest absolute Gasteiger partial charge is 0.444 e. The number of ether oxygens (including phenoxy) is 1. The van der Waals surface area contributed by atoms with Crippen LogP contribution in [0.5, 0.6) is 0 Å². The summed E-state index contributed by atoms with van der Waals surface area (Å²) in [6, 6.07) is 17.9. The predicted octanol–water partition coefficient (Wildman–Crippen LogP) is 3.81. The van der Waals surface area contributed by atoms with E-state index < -0.39 is 17.5 Å². The van der Waals surface area contributed by atoms with Crippen LogP contribution in [0, 0.1) is 17.1 Å². The molecule has 0 fully saturated rings. The Hall–Kier alpha value is -3.92. The molecular weight excluding hydrogens is 361 g/mol. The van der Waals surface area contributed by atoms with E-state index >= 15 is 0 Å².